The van der Waals surface area contributed by atoms with Crippen LogP contribution in [0.2, 0.25) is 0 Å². The molecule has 63 heavy (non-hydrogen) atoms. The van der Waals surface area contributed by atoms with Crippen molar-refractivity contribution in [3.63, 3.8) is 0 Å². The van der Waals surface area contributed by atoms with Gasteiger partial charge in [-0.25, -0.2) is 0 Å². The summed E-state index contributed by atoms with van der Waals surface area (Å²) >= 11 is 0. The van der Waals surface area contributed by atoms with E-state index in [4.69, 9.17) is 4.74 Å². The summed E-state index contributed by atoms with van der Waals surface area (Å²) in [5, 5.41) is 23.1. The number of nitrogens with one attached hydrogen (secondary N) is 1. The zero-order valence-electron chi connectivity index (χ0n) is 42.3. The van der Waals surface area contributed by atoms with E-state index in [1.165, 1.54) is 231 Å². The first kappa shape index (κ1) is 61.3. The Morgan fingerprint density at radius 3 is 1.13 bits per heavy atom. The molecular weight excluding hydrogens is 779 g/mol. The van der Waals surface area contributed by atoms with Gasteiger partial charge in [0, 0.05) is 12.8 Å². The molecule has 0 aromatic heterocycles. The van der Waals surface area contributed by atoms with Crippen molar-refractivity contribution in [2.24, 2.45) is 0 Å². The van der Waals surface area contributed by atoms with Gasteiger partial charge in [-0.05, 0) is 57.8 Å². The molecule has 1 amide bonds. The first-order chi connectivity index (χ1) is 31.0. The van der Waals surface area contributed by atoms with E-state index in [2.05, 4.69) is 31.3 Å². The van der Waals surface area contributed by atoms with Gasteiger partial charge in [-0.1, -0.05) is 256 Å². The van der Waals surface area contributed by atoms with Crippen LogP contribution in [0.1, 0.15) is 303 Å². The highest BCUT2D eigenvalue weighted by Crippen LogP contribution is 2.16. The van der Waals surface area contributed by atoms with Crippen LogP contribution in [-0.4, -0.2) is 47.4 Å². The summed E-state index contributed by atoms with van der Waals surface area (Å²) in [4.78, 5) is 24.4. The van der Waals surface area contributed by atoms with E-state index in [-0.39, 0.29) is 18.5 Å². The van der Waals surface area contributed by atoms with Gasteiger partial charge >= 0.3 is 5.97 Å². The molecule has 0 aromatic carbocycles. The molecule has 2 atom stereocenters. The molecule has 6 heteroatoms. The lowest BCUT2D eigenvalue weighted by Gasteiger charge is -2.20. The molecule has 0 rings (SSSR count). The molecule has 0 spiro atoms. The van der Waals surface area contributed by atoms with Crippen LogP contribution in [0.15, 0.2) is 24.3 Å². The van der Waals surface area contributed by atoms with E-state index in [0.717, 1.165) is 44.9 Å². The quantitative estimate of drug-likeness (QED) is 0.0321. The van der Waals surface area contributed by atoms with E-state index in [0.29, 0.717) is 19.4 Å². The highest BCUT2D eigenvalue weighted by Gasteiger charge is 2.18. The number of hydrogen-bond acceptors (Lipinski definition) is 5. The highest BCUT2D eigenvalue weighted by molar-refractivity contribution is 5.76. The van der Waals surface area contributed by atoms with Crippen molar-refractivity contribution in [2.75, 3.05) is 13.2 Å². The summed E-state index contributed by atoms with van der Waals surface area (Å²) in [6.45, 7) is 4.90. The maximum atomic E-state index is 12.4. The third kappa shape index (κ3) is 49.6. The minimum Gasteiger partial charge on any atom is -0.466 e. The Hall–Kier alpha value is -1.66. The van der Waals surface area contributed by atoms with Gasteiger partial charge in [-0.2, -0.15) is 0 Å². The summed E-state index contributed by atoms with van der Waals surface area (Å²) in [7, 11) is 0. The minimum absolute atomic E-state index is 0.00613. The Labute approximate surface area is 392 Å². The topological polar surface area (TPSA) is 95.9 Å². The van der Waals surface area contributed by atoms with Gasteiger partial charge in [0.05, 0.1) is 25.4 Å². The number of esters is 1. The maximum absolute atomic E-state index is 12.4. The van der Waals surface area contributed by atoms with Gasteiger partial charge in [-0.3, -0.25) is 9.59 Å². The van der Waals surface area contributed by atoms with Crippen LogP contribution in [0, 0.1) is 0 Å². The van der Waals surface area contributed by atoms with Gasteiger partial charge in [-0.15, -0.1) is 0 Å². The van der Waals surface area contributed by atoms with Crippen LogP contribution in [0.3, 0.4) is 0 Å². The number of unbranched alkanes of at least 4 members (excludes halogenated alkanes) is 39. The lowest BCUT2D eigenvalue weighted by Crippen LogP contribution is -2.45. The number of ether oxygens (including phenoxy) is 1. The van der Waals surface area contributed by atoms with Crippen molar-refractivity contribution in [2.45, 2.75) is 315 Å². The first-order valence-corrected chi connectivity index (χ1v) is 28.1. The molecule has 2 unspecified atom stereocenters. The normalized spacial score (nSPS) is 12.8. The first-order valence-electron chi connectivity index (χ1n) is 28.1. The second-order valence-corrected chi connectivity index (χ2v) is 19.3. The van der Waals surface area contributed by atoms with Crippen LogP contribution in [0.5, 0.6) is 0 Å². The number of aliphatic hydroxyl groups is 2. The van der Waals surface area contributed by atoms with Gasteiger partial charge < -0.3 is 20.3 Å². The monoisotopic (exact) mass is 888 g/mol. The lowest BCUT2D eigenvalue weighted by atomic mass is 10.0. The molecule has 0 aliphatic heterocycles. The number of carbonyl (C=O) groups excluding carboxylic acids is 2. The standard InChI is InChI=1S/C57H109NO5/c1-3-5-7-9-11-13-15-17-26-29-33-37-41-45-49-55(60)54(53-59)58-56(61)50-46-42-38-34-30-27-24-22-20-18-19-21-23-25-28-32-36-40-44-48-52-63-57(62)51-47-43-39-35-31-16-14-12-10-8-6-4-2/h18,20,45,49,54-55,59-60H,3-17,19,21-44,46-48,50-53H2,1-2H3,(H,58,61)/b20-18-,49-45+. The van der Waals surface area contributed by atoms with Crippen molar-refractivity contribution in [3.05, 3.63) is 24.3 Å². The second kappa shape index (κ2) is 53.0. The van der Waals surface area contributed by atoms with E-state index in [1.807, 2.05) is 6.08 Å². The number of carbonyl (C=O) groups is 2. The molecule has 372 valence electrons. The molecule has 0 saturated heterocycles. The minimum atomic E-state index is -0.849. The van der Waals surface area contributed by atoms with E-state index < -0.39 is 12.1 Å². The molecule has 0 saturated carbocycles. The van der Waals surface area contributed by atoms with Crippen LogP contribution < -0.4 is 5.32 Å². The predicted octanol–water partition coefficient (Wildman–Crippen LogP) is 17.1. The molecule has 0 aliphatic carbocycles. The van der Waals surface area contributed by atoms with Crippen molar-refractivity contribution in [3.8, 4) is 0 Å². The van der Waals surface area contributed by atoms with Crippen LogP contribution in [0.25, 0.3) is 0 Å². The second-order valence-electron chi connectivity index (χ2n) is 19.3. The van der Waals surface area contributed by atoms with Crippen LogP contribution in [0.4, 0.5) is 0 Å². The molecular formula is C57H109NO5. The zero-order valence-corrected chi connectivity index (χ0v) is 42.3. The third-order valence-electron chi connectivity index (χ3n) is 13.0. The Balaban J connectivity index is 3.46. The fourth-order valence-electron chi connectivity index (χ4n) is 8.63. The number of aliphatic hydroxyl groups excluding tert-OH is 2. The molecule has 0 radical (unpaired) electrons. The average molecular weight is 889 g/mol. The zero-order chi connectivity index (χ0) is 45.8. The maximum Gasteiger partial charge on any atom is 0.305 e. The van der Waals surface area contributed by atoms with Gasteiger partial charge in [0.15, 0.2) is 0 Å². The molecule has 0 aliphatic rings. The SMILES string of the molecule is CCCCCCCCCCCCCC/C=C/C(O)C(CO)NC(=O)CCCCCCCCC/C=C\CCCCCCCCCCCOC(=O)CCCCCCCCCCCCCC. The predicted molar refractivity (Wildman–Crippen MR) is 273 cm³/mol. The van der Waals surface area contributed by atoms with Crippen molar-refractivity contribution < 1.29 is 24.5 Å². The van der Waals surface area contributed by atoms with E-state index in [1.54, 1.807) is 6.08 Å². The lowest BCUT2D eigenvalue weighted by molar-refractivity contribution is -0.143. The van der Waals surface area contributed by atoms with E-state index >= 15 is 0 Å². The molecule has 3 N–H and O–H groups in total. The molecule has 0 bridgehead atoms. The highest BCUT2D eigenvalue weighted by atomic mass is 16.5. The Morgan fingerprint density at radius 1 is 0.429 bits per heavy atom. The smallest absolute Gasteiger partial charge is 0.305 e. The van der Waals surface area contributed by atoms with Gasteiger partial charge in [0.1, 0.15) is 0 Å². The summed E-state index contributed by atoms with van der Waals surface area (Å²) in [5.74, 6) is -0.0699. The molecule has 0 aromatic rings. The molecule has 6 nitrogen and oxygen atoms in total. The molecule has 0 heterocycles. The van der Waals surface area contributed by atoms with Gasteiger partial charge in [0.2, 0.25) is 5.91 Å². The number of rotatable bonds is 52. The molecule has 0 fully saturated rings. The van der Waals surface area contributed by atoms with Crippen molar-refractivity contribution >= 4 is 11.9 Å². The van der Waals surface area contributed by atoms with Crippen molar-refractivity contribution in [1.29, 1.82) is 0 Å². The Morgan fingerprint density at radius 2 is 0.746 bits per heavy atom. The van der Waals surface area contributed by atoms with Crippen molar-refractivity contribution in [1.82, 2.24) is 5.32 Å². The average Bonchev–Trinajstić information content (AvgIpc) is 3.28. The summed E-state index contributed by atoms with van der Waals surface area (Å²) < 4.78 is 5.46. The summed E-state index contributed by atoms with van der Waals surface area (Å²) in [5.41, 5.74) is 0. The number of allylic oxidation sites excluding steroid dienone is 3. The van der Waals surface area contributed by atoms with Crippen LogP contribution in [-0.2, 0) is 14.3 Å². The fourth-order valence-corrected chi connectivity index (χ4v) is 8.63. The Bertz CT molecular complexity index is 982. The van der Waals surface area contributed by atoms with E-state index in [9.17, 15) is 19.8 Å². The summed E-state index contributed by atoms with van der Waals surface area (Å²) in [6.07, 6.45) is 63.3. The van der Waals surface area contributed by atoms with Crippen LogP contribution >= 0.6 is 0 Å². The van der Waals surface area contributed by atoms with Gasteiger partial charge in [0.25, 0.3) is 0 Å². The third-order valence-corrected chi connectivity index (χ3v) is 13.0. The largest absolute Gasteiger partial charge is 0.466 e. The fraction of sp³-hybridized carbons (Fsp3) is 0.895. The number of hydrogen-bond donors (Lipinski definition) is 3. The number of amides is 1. The summed E-state index contributed by atoms with van der Waals surface area (Å²) in [6, 6.07) is -0.633. The Kier molecular flexibility index (Phi) is 51.6.